The summed E-state index contributed by atoms with van der Waals surface area (Å²) in [6.45, 7) is 6.37. The fourth-order valence-corrected chi connectivity index (χ4v) is 3.89. The second-order valence-corrected chi connectivity index (χ2v) is 8.33. The second-order valence-electron chi connectivity index (χ2n) is 8.33. The van der Waals surface area contributed by atoms with Crippen LogP contribution in [0.4, 0.5) is 0 Å². The van der Waals surface area contributed by atoms with Gasteiger partial charge in [0.15, 0.2) is 0 Å². The molecular weight excluding hydrogens is 360 g/mol. The van der Waals surface area contributed by atoms with Gasteiger partial charge in [-0.25, -0.2) is 0 Å². The van der Waals surface area contributed by atoms with Crippen molar-refractivity contribution < 1.29 is 9.53 Å². The van der Waals surface area contributed by atoms with Gasteiger partial charge in [0.25, 0.3) is 5.91 Å². The minimum Gasteiger partial charge on any atom is -0.492 e. The van der Waals surface area contributed by atoms with Crippen molar-refractivity contribution in [3.05, 3.63) is 76.9 Å². The van der Waals surface area contributed by atoms with Gasteiger partial charge in [-0.3, -0.25) is 4.79 Å². The van der Waals surface area contributed by atoms with Gasteiger partial charge in [0.1, 0.15) is 12.4 Å². The Balaban J connectivity index is 1.63. The van der Waals surface area contributed by atoms with E-state index in [1.165, 1.54) is 21.9 Å². The summed E-state index contributed by atoms with van der Waals surface area (Å²) in [5.41, 5.74) is 9.48. The van der Waals surface area contributed by atoms with Crippen LogP contribution in [0.15, 0.2) is 54.6 Å². The molecule has 0 aliphatic heterocycles. The lowest BCUT2D eigenvalue weighted by Gasteiger charge is -2.22. The first-order valence-electron chi connectivity index (χ1n) is 10.2. The van der Waals surface area contributed by atoms with Crippen LogP contribution in [0.3, 0.4) is 0 Å². The fourth-order valence-electron chi connectivity index (χ4n) is 3.89. The van der Waals surface area contributed by atoms with E-state index in [0.29, 0.717) is 17.9 Å². The van der Waals surface area contributed by atoms with E-state index in [9.17, 15) is 4.79 Å². The van der Waals surface area contributed by atoms with Crippen molar-refractivity contribution in [2.45, 2.75) is 45.2 Å². The van der Waals surface area contributed by atoms with Crippen LogP contribution in [0.1, 0.15) is 46.8 Å². The Morgan fingerprint density at radius 1 is 1.14 bits per heavy atom. The predicted molar refractivity (Wildman–Crippen MR) is 117 cm³/mol. The number of hydrogen-bond acceptors (Lipinski definition) is 3. The van der Waals surface area contributed by atoms with Gasteiger partial charge in [0.05, 0.1) is 5.54 Å². The van der Waals surface area contributed by atoms with Crippen LogP contribution in [0.25, 0.3) is 10.8 Å². The Kier molecular flexibility index (Phi) is 5.05. The maximum atomic E-state index is 13.2. The molecule has 150 valence electrons. The van der Waals surface area contributed by atoms with E-state index in [1.807, 2.05) is 32.0 Å². The summed E-state index contributed by atoms with van der Waals surface area (Å²) in [4.78, 5) is 13.2. The van der Waals surface area contributed by atoms with E-state index in [-0.39, 0.29) is 17.5 Å². The van der Waals surface area contributed by atoms with Crippen LogP contribution in [0.5, 0.6) is 5.75 Å². The van der Waals surface area contributed by atoms with Crippen molar-refractivity contribution in [1.29, 1.82) is 0 Å². The molecule has 4 rings (SSSR count). The maximum absolute atomic E-state index is 13.2. The largest absolute Gasteiger partial charge is 0.492 e. The number of ether oxygens (including phenoxy) is 1. The lowest BCUT2D eigenvalue weighted by molar-refractivity contribution is 0.0930. The molecular formula is C25H28N2O2. The highest BCUT2D eigenvalue weighted by Crippen LogP contribution is 2.48. The standard InChI is InChI=1S/C25H28N2O2/c1-16-12-19-6-4-5-7-21(19)23(13-16)25(10-11-25)27-24(28)22-14-20(9-8-17(22)2)29-15-18(3)26/h4-9,12-14,18H,10-11,15,26H2,1-3H3,(H,27,28). The summed E-state index contributed by atoms with van der Waals surface area (Å²) >= 11 is 0. The highest BCUT2D eigenvalue weighted by atomic mass is 16.5. The quantitative estimate of drug-likeness (QED) is 0.648. The predicted octanol–water partition coefficient (Wildman–Crippen LogP) is 4.60. The van der Waals surface area contributed by atoms with Gasteiger partial charge in [0, 0.05) is 11.6 Å². The molecule has 3 aromatic carbocycles. The van der Waals surface area contributed by atoms with E-state index in [4.69, 9.17) is 10.5 Å². The first-order chi connectivity index (χ1) is 13.9. The molecule has 1 unspecified atom stereocenters. The van der Waals surface area contributed by atoms with Crippen molar-refractivity contribution in [2.24, 2.45) is 5.73 Å². The zero-order valence-electron chi connectivity index (χ0n) is 17.3. The number of carbonyl (C=O) groups excluding carboxylic acids is 1. The Hall–Kier alpha value is -2.85. The van der Waals surface area contributed by atoms with E-state index >= 15 is 0 Å². The Morgan fingerprint density at radius 2 is 1.90 bits per heavy atom. The maximum Gasteiger partial charge on any atom is 0.252 e. The number of benzene rings is 3. The highest BCUT2D eigenvalue weighted by molar-refractivity contribution is 5.97. The van der Waals surface area contributed by atoms with Gasteiger partial charge in [0.2, 0.25) is 0 Å². The molecule has 1 amide bonds. The molecule has 1 aliphatic rings. The third kappa shape index (κ3) is 3.99. The number of fused-ring (bicyclic) bond motifs is 1. The van der Waals surface area contributed by atoms with Gasteiger partial charge in [-0.1, -0.05) is 48.0 Å². The molecule has 1 saturated carbocycles. The fraction of sp³-hybridized carbons (Fsp3) is 0.320. The molecule has 3 N–H and O–H groups in total. The summed E-state index contributed by atoms with van der Waals surface area (Å²) in [6.07, 6.45) is 1.90. The molecule has 4 heteroatoms. The zero-order valence-corrected chi connectivity index (χ0v) is 17.3. The van der Waals surface area contributed by atoms with Gasteiger partial charge >= 0.3 is 0 Å². The number of amides is 1. The van der Waals surface area contributed by atoms with Crippen LogP contribution >= 0.6 is 0 Å². The number of nitrogens with one attached hydrogen (secondary N) is 1. The minimum atomic E-state index is -0.294. The number of rotatable bonds is 6. The normalized spacial score (nSPS) is 15.7. The van der Waals surface area contributed by atoms with Crippen molar-refractivity contribution >= 4 is 16.7 Å². The summed E-state index contributed by atoms with van der Waals surface area (Å²) < 4.78 is 5.71. The Morgan fingerprint density at radius 3 is 2.62 bits per heavy atom. The first-order valence-corrected chi connectivity index (χ1v) is 10.2. The van der Waals surface area contributed by atoms with E-state index in [1.54, 1.807) is 0 Å². The number of aryl methyl sites for hydroxylation is 2. The van der Waals surface area contributed by atoms with Crippen LogP contribution in [0, 0.1) is 13.8 Å². The van der Waals surface area contributed by atoms with E-state index < -0.39 is 0 Å². The van der Waals surface area contributed by atoms with E-state index in [2.05, 4.69) is 48.6 Å². The van der Waals surface area contributed by atoms with Crippen molar-refractivity contribution in [3.8, 4) is 5.75 Å². The third-order valence-corrected chi connectivity index (χ3v) is 5.59. The second kappa shape index (κ2) is 7.53. The van der Waals surface area contributed by atoms with Crippen molar-refractivity contribution in [2.75, 3.05) is 6.61 Å². The topological polar surface area (TPSA) is 64.3 Å². The number of nitrogens with two attached hydrogens (primary N) is 1. The third-order valence-electron chi connectivity index (χ3n) is 5.59. The molecule has 0 bridgehead atoms. The Labute approximate surface area is 172 Å². The first kappa shape index (κ1) is 19.5. The summed E-state index contributed by atoms with van der Waals surface area (Å²) in [7, 11) is 0. The average Bonchev–Trinajstić information content (AvgIpc) is 3.47. The molecule has 3 aromatic rings. The molecule has 4 nitrogen and oxygen atoms in total. The van der Waals surface area contributed by atoms with E-state index in [0.717, 1.165) is 18.4 Å². The summed E-state index contributed by atoms with van der Waals surface area (Å²) in [5, 5.41) is 5.76. The monoisotopic (exact) mass is 388 g/mol. The summed E-state index contributed by atoms with van der Waals surface area (Å²) in [6, 6.07) is 18.4. The molecule has 1 aliphatic carbocycles. The summed E-state index contributed by atoms with van der Waals surface area (Å²) in [5.74, 6) is 0.612. The van der Waals surface area contributed by atoms with Crippen molar-refractivity contribution in [3.63, 3.8) is 0 Å². The molecule has 1 atom stereocenters. The van der Waals surface area contributed by atoms with Gasteiger partial charge in [-0.15, -0.1) is 0 Å². The van der Waals surface area contributed by atoms with Crippen molar-refractivity contribution in [1.82, 2.24) is 5.32 Å². The van der Waals surface area contributed by atoms with Crippen LogP contribution in [0.2, 0.25) is 0 Å². The molecule has 1 fully saturated rings. The Bertz CT molecular complexity index is 1070. The molecule has 0 saturated heterocycles. The average molecular weight is 389 g/mol. The van der Waals surface area contributed by atoms with Crippen LogP contribution in [-0.4, -0.2) is 18.6 Å². The van der Waals surface area contributed by atoms with Gasteiger partial charge < -0.3 is 15.8 Å². The molecule has 0 heterocycles. The lowest BCUT2D eigenvalue weighted by Crippen LogP contribution is -2.35. The molecule has 0 spiro atoms. The van der Waals surface area contributed by atoms with Crippen LogP contribution < -0.4 is 15.8 Å². The molecule has 0 aromatic heterocycles. The smallest absolute Gasteiger partial charge is 0.252 e. The van der Waals surface area contributed by atoms with Gasteiger partial charge in [-0.05, 0) is 67.6 Å². The number of hydrogen-bond donors (Lipinski definition) is 2. The zero-order chi connectivity index (χ0) is 20.6. The minimum absolute atomic E-state index is 0.0575. The van der Waals surface area contributed by atoms with Gasteiger partial charge in [-0.2, -0.15) is 0 Å². The number of carbonyl (C=O) groups is 1. The lowest BCUT2D eigenvalue weighted by atomic mass is 9.94. The SMILES string of the molecule is Cc1cc(C2(NC(=O)c3cc(OCC(C)N)ccc3C)CC2)c2ccccc2c1. The van der Waals surface area contributed by atoms with Crippen LogP contribution in [-0.2, 0) is 5.54 Å². The highest BCUT2D eigenvalue weighted by Gasteiger charge is 2.46. The molecule has 0 radical (unpaired) electrons. The molecule has 29 heavy (non-hydrogen) atoms.